The molecule has 56 valence electrons. The van der Waals surface area contributed by atoms with Crippen molar-refractivity contribution >= 4 is 10.2 Å². The van der Waals surface area contributed by atoms with E-state index in [4.69, 9.17) is 0 Å². The molecule has 0 saturated carbocycles. The normalized spacial score (nSPS) is 23.8. The monoisotopic (exact) mass is 152 g/mol. The number of hydrogen-bond donors (Lipinski definition) is 0. The Balaban J connectivity index is 3.12. The fourth-order valence-corrected chi connectivity index (χ4v) is 2.63. The van der Waals surface area contributed by atoms with E-state index < -0.39 is 0 Å². The standard InChI is InChI=1S/C9H16Si/c1-6-7(2)9(3,4)5-8(6)10/h5H,1-4,10H3. The molecule has 0 N–H and O–H groups in total. The van der Waals surface area contributed by atoms with E-state index in [1.807, 2.05) is 0 Å². The third kappa shape index (κ3) is 0.987. The van der Waals surface area contributed by atoms with E-state index in [0.29, 0.717) is 5.41 Å². The van der Waals surface area contributed by atoms with Crippen molar-refractivity contribution in [2.45, 2.75) is 27.7 Å². The van der Waals surface area contributed by atoms with Gasteiger partial charge in [-0.3, -0.25) is 0 Å². The molecule has 1 aliphatic carbocycles. The molecule has 0 aromatic heterocycles. The van der Waals surface area contributed by atoms with Gasteiger partial charge < -0.3 is 0 Å². The summed E-state index contributed by atoms with van der Waals surface area (Å²) >= 11 is 0. The SMILES string of the molecule is CC1=C(C)C(C)(C)C=C1[SiH3]. The molecule has 0 amide bonds. The first-order chi connectivity index (χ1) is 4.45. The second kappa shape index (κ2) is 2.09. The first-order valence-electron chi connectivity index (χ1n) is 3.83. The van der Waals surface area contributed by atoms with E-state index in [-0.39, 0.29) is 0 Å². The fraction of sp³-hybridized carbons (Fsp3) is 0.556. The van der Waals surface area contributed by atoms with Gasteiger partial charge in [-0.15, -0.1) is 0 Å². The molecule has 0 aromatic rings. The van der Waals surface area contributed by atoms with Crippen molar-refractivity contribution in [3.05, 3.63) is 22.4 Å². The molecule has 0 aliphatic heterocycles. The van der Waals surface area contributed by atoms with E-state index >= 15 is 0 Å². The highest BCUT2D eigenvalue weighted by Gasteiger charge is 2.24. The number of allylic oxidation sites excluding steroid dienone is 4. The van der Waals surface area contributed by atoms with E-state index in [2.05, 4.69) is 33.8 Å². The molecule has 0 bridgehead atoms. The molecule has 0 heterocycles. The summed E-state index contributed by atoms with van der Waals surface area (Å²) in [6, 6.07) is 0. The molecule has 0 radical (unpaired) electrons. The molecular formula is C9H16Si. The van der Waals surface area contributed by atoms with Crippen LogP contribution in [-0.2, 0) is 0 Å². The highest BCUT2D eigenvalue weighted by atomic mass is 28.1. The Kier molecular flexibility index (Phi) is 1.63. The van der Waals surface area contributed by atoms with E-state index in [9.17, 15) is 0 Å². The van der Waals surface area contributed by atoms with Crippen molar-refractivity contribution < 1.29 is 0 Å². The summed E-state index contributed by atoms with van der Waals surface area (Å²) in [6.07, 6.45) is 2.41. The summed E-state index contributed by atoms with van der Waals surface area (Å²) in [5.41, 5.74) is 3.44. The largest absolute Gasteiger partial charge is 0.0763 e. The molecule has 0 saturated heterocycles. The summed E-state index contributed by atoms with van der Waals surface area (Å²) in [7, 11) is 1.20. The lowest BCUT2D eigenvalue weighted by atomic mass is 9.88. The molecule has 0 atom stereocenters. The zero-order valence-electron chi connectivity index (χ0n) is 7.58. The van der Waals surface area contributed by atoms with Gasteiger partial charge in [-0.1, -0.05) is 36.3 Å². The zero-order valence-corrected chi connectivity index (χ0v) is 9.58. The maximum Gasteiger partial charge on any atom is 0.0384 e. The molecule has 0 unspecified atom stereocenters. The van der Waals surface area contributed by atoms with Crippen LogP contribution in [0.1, 0.15) is 27.7 Å². The van der Waals surface area contributed by atoms with Crippen molar-refractivity contribution in [3.63, 3.8) is 0 Å². The Bertz CT molecular complexity index is 219. The predicted octanol–water partition coefficient (Wildman–Crippen LogP) is 1.61. The van der Waals surface area contributed by atoms with Gasteiger partial charge in [0.1, 0.15) is 0 Å². The predicted molar refractivity (Wildman–Crippen MR) is 50.2 cm³/mol. The Hall–Kier alpha value is -0.303. The lowest BCUT2D eigenvalue weighted by molar-refractivity contribution is 0.588. The molecule has 1 heteroatoms. The molecular weight excluding hydrogens is 136 g/mol. The highest BCUT2D eigenvalue weighted by molar-refractivity contribution is 6.24. The lowest BCUT2D eigenvalue weighted by Crippen LogP contribution is -2.05. The summed E-state index contributed by atoms with van der Waals surface area (Å²) in [4.78, 5) is 0. The zero-order chi connectivity index (χ0) is 7.94. The quantitative estimate of drug-likeness (QED) is 0.463. The first-order valence-corrected chi connectivity index (χ1v) is 4.83. The van der Waals surface area contributed by atoms with Crippen LogP contribution in [0.5, 0.6) is 0 Å². The van der Waals surface area contributed by atoms with Gasteiger partial charge >= 0.3 is 0 Å². The van der Waals surface area contributed by atoms with E-state index in [1.54, 1.807) is 10.8 Å². The molecule has 0 fully saturated rings. The van der Waals surface area contributed by atoms with E-state index in [0.717, 1.165) is 0 Å². The van der Waals surface area contributed by atoms with Gasteiger partial charge in [-0.25, -0.2) is 0 Å². The summed E-state index contributed by atoms with van der Waals surface area (Å²) in [6.45, 7) is 9.06. The van der Waals surface area contributed by atoms with Gasteiger partial charge in [0.05, 0.1) is 0 Å². The maximum absolute atomic E-state index is 2.41. The molecule has 0 nitrogen and oxygen atoms in total. The van der Waals surface area contributed by atoms with Crippen molar-refractivity contribution in [3.8, 4) is 0 Å². The maximum atomic E-state index is 2.41. The van der Waals surface area contributed by atoms with Crippen LogP contribution in [0.15, 0.2) is 22.4 Å². The van der Waals surface area contributed by atoms with Gasteiger partial charge in [0.15, 0.2) is 0 Å². The van der Waals surface area contributed by atoms with Crippen LogP contribution < -0.4 is 0 Å². The van der Waals surface area contributed by atoms with Gasteiger partial charge in [-0.05, 0) is 13.8 Å². The third-order valence-corrected chi connectivity index (χ3v) is 3.74. The van der Waals surface area contributed by atoms with Crippen LogP contribution in [0.4, 0.5) is 0 Å². The minimum absolute atomic E-state index is 0.348. The van der Waals surface area contributed by atoms with Crippen LogP contribution >= 0.6 is 0 Å². The second-order valence-corrected chi connectivity index (χ2v) is 4.88. The molecule has 0 aromatic carbocycles. The van der Waals surface area contributed by atoms with Gasteiger partial charge in [0, 0.05) is 15.7 Å². The Morgan fingerprint density at radius 1 is 1.30 bits per heavy atom. The second-order valence-electron chi connectivity index (χ2n) is 3.80. The summed E-state index contributed by atoms with van der Waals surface area (Å²) in [5, 5.41) is 1.59. The topological polar surface area (TPSA) is 0 Å². The van der Waals surface area contributed by atoms with Crippen LogP contribution in [0.2, 0.25) is 0 Å². The summed E-state index contributed by atoms with van der Waals surface area (Å²) in [5.74, 6) is 0. The first kappa shape index (κ1) is 7.80. The molecule has 10 heavy (non-hydrogen) atoms. The smallest absolute Gasteiger partial charge is 0.0384 e. The Morgan fingerprint density at radius 2 is 1.80 bits per heavy atom. The van der Waals surface area contributed by atoms with Gasteiger partial charge in [-0.2, -0.15) is 0 Å². The summed E-state index contributed by atoms with van der Waals surface area (Å²) < 4.78 is 0. The molecule has 1 rings (SSSR count). The van der Waals surface area contributed by atoms with Gasteiger partial charge in [0.25, 0.3) is 0 Å². The Labute approximate surface area is 66.4 Å². The van der Waals surface area contributed by atoms with Crippen molar-refractivity contribution in [1.29, 1.82) is 0 Å². The van der Waals surface area contributed by atoms with Crippen LogP contribution in [0, 0.1) is 5.41 Å². The van der Waals surface area contributed by atoms with Crippen molar-refractivity contribution in [2.75, 3.05) is 0 Å². The number of hydrogen-bond acceptors (Lipinski definition) is 0. The fourth-order valence-electron chi connectivity index (χ4n) is 1.54. The van der Waals surface area contributed by atoms with Crippen LogP contribution in [0.25, 0.3) is 0 Å². The van der Waals surface area contributed by atoms with E-state index in [1.165, 1.54) is 15.8 Å². The minimum atomic E-state index is 0.348. The lowest BCUT2D eigenvalue weighted by Gasteiger charge is -2.17. The van der Waals surface area contributed by atoms with Crippen molar-refractivity contribution in [1.82, 2.24) is 0 Å². The van der Waals surface area contributed by atoms with Crippen molar-refractivity contribution in [2.24, 2.45) is 5.41 Å². The van der Waals surface area contributed by atoms with Crippen LogP contribution in [0.3, 0.4) is 0 Å². The van der Waals surface area contributed by atoms with Crippen LogP contribution in [-0.4, -0.2) is 10.2 Å². The molecule has 1 aliphatic rings. The molecule has 0 spiro atoms. The third-order valence-electron chi connectivity index (χ3n) is 2.70. The van der Waals surface area contributed by atoms with Gasteiger partial charge in [0.2, 0.25) is 0 Å². The number of rotatable bonds is 0. The highest BCUT2D eigenvalue weighted by Crippen LogP contribution is 2.38. The Morgan fingerprint density at radius 3 is 1.90 bits per heavy atom. The average molecular weight is 152 g/mol. The minimum Gasteiger partial charge on any atom is -0.0763 e. The average Bonchev–Trinajstić information content (AvgIpc) is 1.95.